The lowest BCUT2D eigenvalue weighted by molar-refractivity contribution is 0.0147. The van der Waals surface area contributed by atoms with Gasteiger partial charge in [0.15, 0.2) is 0 Å². The van der Waals surface area contributed by atoms with Crippen molar-refractivity contribution in [2.75, 3.05) is 26.2 Å². The van der Waals surface area contributed by atoms with Gasteiger partial charge in [-0.25, -0.2) is 4.79 Å². The number of H-pyrrole nitrogens is 1. The number of ether oxygens (including phenoxy) is 2. The first-order valence-electron chi connectivity index (χ1n) is 8.27. The highest BCUT2D eigenvalue weighted by molar-refractivity contribution is 5.95. The van der Waals surface area contributed by atoms with Gasteiger partial charge >= 0.3 is 6.09 Å². The van der Waals surface area contributed by atoms with Crippen LogP contribution >= 0.6 is 0 Å². The van der Waals surface area contributed by atoms with Crippen LogP contribution in [0.25, 0.3) is 0 Å². The molecule has 134 valence electrons. The summed E-state index contributed by atoms with van der Waals surface area (Å²) in [6.45, 7) is 9.31. The Hall–Kier alpha value is -2.02. The fourth-order valence-corrected chi connectivity index (χ4v) is 2.50. The highest BCUT2D eigenvalue weighted by Crippen LogP contribution is 2.13. The van der Waals surface area contributed by atoms with E-state index in [0.29, 0.717) is 31.8 Å². The van der Waals surface area contributed by atoms with Gasteiger partial charge in [0, 0.05) is 32.1 Å². The zero-order chi connectivity index (χ0) is 17.7. The van der Waals surface area contributed by atoms with Crippen molar-refractivity contribution in [1.82, 2.24) is 15.2 Å². The third-order valence-electron chi connectivity index (χ3n) is 3.69. The molecule has 0 spiro atoms. The average molecular weight is 337 g/mol. The number of nitrogens with one attached hydrogen (secondary N) is 2. The molecule has 7 heteroatoms. The number of carbonyl (C=O) groups is 2. The first-order chi connectivity index (χ1) is 11.3. The second-order valence-corrected chi connectivity index (χ2v) is 7.03. The third kappa shape index (κ3) is 5.26. The summed E-state index contributed by atoms with van der Waals surface area (Å²) in [6.07, 6.45) is 3.61. The van der Waals surface area contributed by atoms with Crippen LogP contribution in [0, 0.1) is 6.92 Å². The SMILES string of the molecule is Cc1c[nH]cc1C(=O)NC[C@@H]1CN(C(=O)OC(C)(C)C)CCCO1. The summed E-state index contributed by atoms with van der Waals surface area (Å²) in [4.78, 5) is 29.0. The number of carbonyl (C=O) groups excluding carboxylic acids is 2. The van der Waals surface area contributed by atoms with Gasteiger partial charge in [-0.2, -0.15) is 0 Å². The van der Waals surface area contributed by atoms with E-state index in [9.17, 15) is 9.59 Å². The summed E-state index contributed by atoms with van der Waals surface area (Å²) in [6, 6.07) is 0. The second-order valence-electron chi connectivity index (χ2n) is 7.03. The smallest absolute Gasteiger partial charge is 0.410 e. The number of rotatable bonds is 3. The van der Waals surface area contributed by atoms with Crippen LogP contribution in [0.2, 0.25) is 0 Å². The van der Waals surface area contributed by atoms with Gasteiger partial charge in [0.2, 0.25) is 0 Å². The molecule has 2 heterocycles. The molecule has 0 saturated carbocycles. The topological polar surface area (TPSA) is 83.7 Å². The van der Waals surface area contributed by atoms with Gasteiger partial charge < -0.3 is 24.7 Å². The van der Waals surface area contributed by atoms with Crippen LogP contribution in [-0.2, 0) is 9.47 Å². The molecule has 1 aromatic heterocycles. The van der Waals surface area contributed by atoms with E-state index in [1.54, 1.807) is 17.3 Å². The van der Waals surface area contributed by atoms with Gasteiger partial charge in [0.1, 0.15) is 5.60 Å². The van der Waals surface area contributed by atoms with Crippen LogP contribution in [0.1, 0.15) is 43.1 Å². The zero-order valence-corrected chi connectivity index (χ0v) is 14.8. The van der Waals surface area contributed by atoms with Gasteiger partial charge in [-0.15, -0.1) is 0 Å². The van der Waals surface area contributed by atoms with Crippen LogP contribution in [0.5, 0.6) is 0 Å². The van der Waals surface area contributed by atoms with Crippen LogP contribution in [0.3, 0.4) is 0 Å². The Bertz CT molecular complexity index is 577. The highest BCUT2D eigenvalue weighted by Gasteiger charge is 2.27. The Morgan fingerprint density at radius 2 is 2.17 bits per heavy atom. The van der Waals surface area contributed by atoms with Crippen molar-refractivity contribution in [1.29, 1.82) is 0 Å². The average Bonchev–Trinajstić information content (AvgIpc) is 2.77. The van der Waals surface area contributed by atoms with Gasteiger partial charge in [-0.3, -0.25) is 4.79 Å². The molecule has 0 bridgehead atoms. The molecule has 0 radical (unpaired) electrons. The van der Waals surface area contributed by atoms with E-state index in [2.05, 4.69) is 10.3 Å². The maximum absolute atomic E-state index is 12.2. The van der Waals surface area contributed by atoms with Crippen molar-refractivity contribution in [3.8, 4) is 0 Å². The molecule has 24 heavy (non-hydrogen) atoms. The van der Waals surface area contributed by atoms with Crippen molar-refractivity contribution in [3.63, 3.8) is 0 Å². The third-order valence-corrected chi connectivity index (χ3v) is 3.69. The van der Waals surface area contributed by atoms with Gasteiger partial charge in [0.05, 0.1) is 18.2 Å². The van der Waals surface area contributed by atoms with Crippen LogP contribution in [-0.4, -0.2) is 59.8 Å². The van der Waals surface area contributed by atoms with Crippen LogP contribution < -0.4 is 5.32 Å². The van der Waals surface area contributed by atoms with E-state index < -0.39 is 5.60 Å². The predicted octanol–water partition coefficient (Wildman–Crippen LogP) is 2.08. The van der Waals surface area contributed by atoms with Crippen LogP contribution in [0.4, 0.5) is 4.79 Å². The standard InChI is InChI=1S/C17H27N3O4/c1-12-8-18-10-14(12)15(21)19-9-13-11-20(6-5-7-23-13)16(22)24-17(2,3)4/h8,10,13,18H,5-7,9,11H2,1-4H3,(H,19,21)/t13-/m1/s1. The Balaban J connectivity index is 1.89. The van der Waals surface area contributed by atoms with E-state index in [0.717, 1.165) is 12.0 Å². The van der Waals surface area contributed by atoms with Crippen molar-refractivity contribution in [3.05, 3.63) is 23.5 Å². The predicted molar refractivity (Wildman–Crippen MR) is 90.0 cm³/mol. The fourth-order valence-electron chi connectivity index (χ4n) is 2.50. The van der Waals surface area contributed by atoms with E-state index in [1.807, 2.05) is 27.7 Å². The Kier molecular flexibility index (Phi) is 5.88. The molecule has 1 fully saturated rings. The summed E-state index contributed by atoms with van der Waals surface area (Å²) in [7, 11) is 0. The number of aromatic amines is 1. The van der Waals surface area contributed by atoms with E-state index in [-0.39, 0.29) is 18.1 Å². The largest absolute Gasteiger partial charge is 0.444 e. The molecular weight excluding hydrogens is 310 g/mol. The summed E-state index contributed by atoms with van der Waals surface area (Å²) < 4.78 is 11.2. The molecule has 0 unspecified atom stereocenters. The molecule has 1 aliphatic heterocycles. The fraction of sp³-hybridized carbons (Fsp3) is 0.647. The molecule has 0 aliphatic carbocycles. The highest BCUT2D eigenvalue weighted by atomic mass is 16.6. The number of hydrogen-bond donors (Lipinski definition) is 2. The number of aromatic nitrogens is 1. The lowest BCUT2D eigenvalue weighted by atomic mass is 10.2. The lowest BCUT2D eigenvalue weighted by Crippen LogP contribution is -2.44. The lowest BCUT2D eigenvalue weighted by Gasteiger charge is -2.28. The molecule has 0 aromatic carbocycles. The summed E-state index contributed by atoms with van der Waals surface area (Å²) in [5.74, 6) is -0.148. The Morgan fingerprint density at radius 1 is 1.42 bits per heavy atom. The Labute approximate surface area is 142 Å². The van der Waals surface area contributed by atoms with E-state index in [1.165, 1.54) is 0 Å². The van der Waals surface area contributed by atoms with E-state index in [4.69, 9.17) is 9.47 Å². The first-order valence-corrected chi connectivity index (χ1v) is 8.27. The molecule has 2 rings (SSSR count). The molecular formula is C17H27N3O4. The normalized spacial score (nSPS) is 18.8. The van der Waals surface area contributed by atoms with Crippen LogP contribution in [0.15, 0.2) is 12.4 Å². The van der Waals surface area contributed by atoms with Gasteiger partial charge in [-0.05, 0) is 39.7 Å². The van der Waals surface area contributed by atoms with Crippen molar-refractivity contribution < 1.29 is 19.1 Å². The minimum atomic E-state index is -0.528. The van der Waals surface area contributed by atoms with E-state index >= 15 is 0 Å². The zero-order valence-electron chi connectivity index (χ0n) is 14.8. The number of hydrogen-bond acceptors (Lipinski definition) is 4. The summed E-state index contributed by atoms with van der Waals surface area (Å²) in [5.41, 5.74) is 0.983. The maximum atomic E-state index is 12.2. The molecule has 2 amide bonds. The maximum Gasteiger partial charge on any atom is 0.410 e. The number of amides is 2. The molecule has 1 aliphatic rings. The molecule has 7 nitrogen and oxygen atoms in total. The van der Waals surface area contributed by atoms with Gasteiger partial charge in [0.25, 0.3) is 5.91 Å². The Morgan fingerprint density at radius 3 is 2.79 bits per heavy atom. The van der Waals surface area contributed by atoms with Crippen molar-refractivity contribution in [2.45, 2.75) is 45.8 Å². The summed E-state index contributed by atoms with van der Waals surface area (Å²) in [5, 5.41) is 2.87. The molecule has 1 atom stereocenters. The monoisotopic (exact) mass is 337 g/mol. The van der Waals surface area contributed by atoms with Gasteiger partial charge in [-0.1, -0.05) is 0 Å². The quantitative estimate of drug-likeness (QED) is 0.884. The molecule has 1 aromatic rings. The number of aryl methyl sites for hydroxylation is 1. The van der Waals surface area contributed by atoms with Crippen molar-refractivity contribution in [2.24, 2.45) is 0 Å². The minimum Gasteiger partial charge on any atom is -0.444 e. The first kappa shape index (κ1) is 18.3. The molecule has 1 saturated heterocycles. The minimum absolute atomic E-state index is 0.148. The summed E-state index contributed by atoms with van der Waals surface area (Å²) >= 11 is 0. The second kappa shape index (κ2) is 7.70. The number of nitrogens with zero attached hydrogens (tertiary/aromatic N) is 1. The van der Waals surface area contributed by atoms with Crippen molar-refractivity contribution >= 4 is 12.0 Å². The molecule has 2 N–H and O–H groups in total.